The van der Waals surface area contributed by atoms with Gasteiger partial charge in [-0.25, -0.2) is 4.39 Å². The summed E-state index contributed by atoms with van der Waals surface area (Å²) in [6.07, 6.45) is 0.0993. The second-order valence-corrected chi connectivity index (χ2v) is 5.09. The fraction of sp³-hybridized carbons (Fsp3) is 0.571. The molecule has 0 aliphatic carbocycles. The van der Waals surface area contributed by atoms with Crippen molar-refractivity contribution in [1.82, 2.24) is 10.2 Å². The normalized spacial score (nSPS) is 19.6. The maximum absolute atomic E-state index is 13.3. The zero-order chi connectivity index (χ0) is 15.2. The number of nitro benzene ring substituents is 1. The van der Waals surface area contributed by atoms with E-state index in [2.05, 4.69) is 17.1 Å². The molecule has 1 saturated heterocycles. The van der Waals surface area contributed by atoms with Crippen LogP contribution in [0, 0.1) is 15.9 Å². The molecule has 2 rings (SSSR count). The van der Waals surface area contributed by atoms with Crippen LogP contribution in [0.5, 0.6) is 0 Å². The number of nitrogens with one attached hydrogen (secondary N) is 1. The number of halogens is 1. The highest BCUT2D eigenvalue weighted by atomic mass is 19.1. The topological polar surface area (TPSA) is 67.6 Å². The van der Waals surface area contributed by atoms with Crippen LogP contribution in [0.15, 0.2) is 18.2 Å². The lowest BCUT2D eigenvalue weighted by Crippen LogP contribution is -2.46. The zero-order valence-electron chi connectivity index (χ0n) is 12.0. The molecule has 1 aliphatic rings. The van der Waals surface area contributed by atoms with Crippen LogP contribution in [0.25, 0.3) is 0 Å². The van der Waals surface area contributed by atoms with Crippen LogP contribution in [0.1, 0.15) is 12.5 Å². The summed E-state index contributed by atoms with van der Waals surface area (Å²) in [5.41, 5.74) is 0.336. The van der Waals surface area contributed by atoms with Gasteiger partial charge in [-0.15, -0.1) is 0 Å². The molecule has 116 valence electrons. The average molecular weight is 297 g/mol. The van der Waals surface area contributed by atoms with Crippen molar-refractivity contribution in [2.75, 3.05) is 32.8 Å². The molecule has 0 bridgehead atoms. The van der Waals surface area contributed by atoms with Crippen LogP contribution in [0.4, 0.5) is 10.1 Å². The summed E-state index contributed by atoms with van der Waals surface area (Å²) in [5.74, 6) is -0.591. The van der Waals surface area contributed by atoms with Crippen molar-refractivity contribution in [1.29, 1.82) is 0 Å². The van der Waals surface area contributed by atoms with Crippen molar-refractivity contribution < 1.29 is 14.1 Å². The van der Waals surface area contributed by atoms with Gasteiger partial charge in [0.15, 0.2) is 0 Å². The van der Waals surface area contributed by atoms with Gasteiger partial charge in [-0.1, -0.05) is 6.92 Å². The summed E-state index contributed by atoms with van der Waals surface area (Å²) in [6.45, 7) is 6.66. The van der Waals surface area contributed by atoms with E-state index in [0.29, 0.717) is 25.3 Å². The molecule has 1 fully saturated rings. The van der Waals surface area contributed by atoms with Crippen molar-refractivity contribution in [2.45, 2.75) is 19.6 Å². The largest absolute Gasteiger partial charge is 0.374 e. The molecular formula is C14H20FN3O3. The SMILES string of the molecule is CCN1CCOC(CNCc2cc(F)cc([N+](=O)[O-])c2)C1. The molecule has 0 radical (unpaired) electrons. The smallest absolute Gasteiger partial charge is 0.272 e. The Balaban J connectivity index is 1.84. The van der Waals surface area contributed by atoms with E-state index in [4.69, 9.17) is 4.74 Å². The number of ether oxygens (including phenoxy) is 1. The van der Waals surface area contributed by atoms with E-state index in [-0.39, 0.29) is 11.8 Å². The minimum Gasteiger partial charge on any atom is -0.374 e. The molecule has 7 heteroatoms. The van der Waals surface area contributed by atoms with Crippen molar-refractivity contribution in [3.63, 3.8) is 0 Å². The molecule has 1 aromatic rings. The molecule has 0 saturated carbocycles. The summed E-state index contributed by atoms with van der Waals surface area (Å²) >= 11 is 0. The molecule has 1 aromatic carbocycles. The van der Waals surface area contributed by atoms with E-state index in [1.807, 2.05) is 0 Å². The van der Waals surface area contributed by atoms with E-state index in [0.717, 1.165) is 25.7 Å². The quantitative estimate of drug-likeness (QED) is 0.637. The lowest BCUT2D eigenvalue weighted by molar-refractivity contribution is -0.385. The third kappa shape index (κ3) is 4.73. The second kappa shape index (κ2) is 7.44. The van der Waals surface area contributed by atoms with Crippen LogP contribution < -0.4 is 5.32 Å². The number of hydrogen-bond acceptors (Lipinski definition) is 5. The highest BCUT2D eigenvalue weighted by Crippen LogP contribution is 2.16. The third-order valence-corrected chi connectivity index (χ3v) is 3.52. The standard InChI is InChI=1S/C14H20FN3O3/c1-2-17-3-4-21-14(10-17)9-16-8-11-5-12(15)7-13(6-11)18(19)20/h5-7,14,16H,2-4,8-10H2,1H3. The molecule has 6 nitrogen and oxygen atoms in total. The van der Waals surface area contributed by atoms with Crippen LogP contribution in [-0.2, 0) is 11.3 Å². The minimum atomic E-state index is -0.591. The van der Waals surface area contributed by atoms with Gasteiger partial charge >= 0.3 is 0 Å². The van der Waals surface area contributed by atoms with E-state index in [9.17, 15) is 14.5 Å². The fourth-order valence-electron chi connectivity index (χ4n) is 2.41. The average Bonchev–Trinajstić information content (AvgIpc) is 2.47. The summed E-state index contributed by atoms with van der Waals surface area (Å²) in [5, 5.41) is 13.9. The number of nitro groups is 1. The molecule has 1 atom stereocenters. The van der Waals surface area contributed by atoms with Gasteiger partial charge in [-0.05, 0) is 18.2 Å². The molecule has 0 amide bonds. The third-order valence-electron chi connectivity index (χ3n) is 3.52. The van der Waals surface area contributed by atoms with E-state index in [1.54, 1.807) is 0 Å². The minimum absolute atomic E-state index is 0.0993. The number of nitrogens with zero attached hydrogens (tertiary/aromatic N) is 2. The molecule has 1 heterocycles. The van der Waals surface area contributed by atoms with Crippen LogP contribution in [-0.4, -0.2) is 48.7 Å². The molecule has 21 heavy (non-hydrogen) atoms. The van der Waals surface area contributed by atoms with Crippen LogP contribution >= 0.6 is 0 Å². The second-order valence-electron chi connectivity index (χ2n) is 5.09. The number of rotatable bonds is 6. The Hall–Kier alpha value is -1.57. The molecule has 1 aliphatic heterocycles. The maximum Gasteiger partial charge on any atom is 0.272 e. The number of non-ortho nitro benzene ring substituents is 1. The Morgan fingerprint density at radius 2 is 2.33 bits per heavy atom. The number of morpholine rings is 1. The van der Waals surface area contributed by atoms with Crippen molar-refractivity contribution in [3.05, 3.63) is 39.7 Å². The summed E-state index contributed by atoms with van der Waals surface area (Å²) in [7, 11) is 0. The van der Waals surface area contributed by atoms with E-state index >= 15 is 0 Å². The van der Waals surface area contributed by atoms with E-state index in [1.165, 1.54) is 12.1 Å². The lowest BCUT2D eigenvalue weighted by atomic mass is 10.2. The first kappa shape index (κ1) is 15.8. The van der Waals surface area contributed by atoms with E-state index < -0.39 is 10.7 Å². The fourth-order valence-corrected chi connectivity index (χ4v) is 2.41. The lowest BCUT2D eigenvalue weighted by Gasteiger charge is -2.32. The molecule has 0 spiro atoms. The molecule has 1 N–H and O–H groups in total. The summed E-state index contributed by atoms with van der Waals surface area (Å²) in [6, 6.07) is 3.61. The molecular weight excluding hydrogens is 277 g/mol. The number of hydrogen-bond donors (Lipinski definition) is 1. The predicted molar refractivity (Wildman–Crippen MR) is 76.6 cm³/mol. The Labute approximate surface area is 123 Å². The number of likely N-dealkylation sites (N-methyl/N-ethyl adjacent to an activating group) is 1. The van der Waals surface area contributed by atoms with Gasteiger partial charge in [-0.2, -0.15) is 0 Å². The van der Waals surface area contributed by atoms with Gasteiger partial charge in [0.25, 0.3) is 5.69 Å². The highest BCUT2D eigenvalue weighted by Gasteiger charge is 2.18. The molecule has 0 aromatic heterocycles. The van der Waals surface area contributed by atoms with Crippen molar-refractivity contribution in [3.8, 4) is 0 Å². The van der Waals surface area contributed by atoms with Crippen LogP contribution in [0.3, 0.4) is 0 Å². The predicted octanol–water partition coefficient (Wildman–Crippen LogP) is 1.54. The first-order chi connectivity index (χ1) is 10.1. The van der Waals surface area contributed by atoms with Gasteiger partial charge < -0.3 is 10.1 Å². The van der Waals surface area contributed by atoms with Gasteiger partial charge in [0, 0.05) is 32.2 Å². The maximum atomic E-state index is 13.3. The summed E-state index contributed by atoms with van der Waals surface area (Å²) < 4.78 is 19.0. The zero-order valence-corrected chi connectivity index (χ0v) is 12.0. The Morgan fingerprint density at radius 3 is 3.05 bits per heavy atom. The number of benzene rings is 1. The Kier molecular flexibility index (Phi) is 5.60. The first-order valence-electron chi connectivity index (χ1n) is 7.07. The van der Waals surface area contributed by atoms with Gasteiger partial charge in [0.1, 0.15) is 5.82 Å². The van der Waals surface area contributed by atoms with Crippen molar-refractivity contribution in [2.24, 2.45) is 0 Å². The van der Waals surface area contributed by atoms with Gasteiger partial charge in [-0.3, -0.25) is 15.0 Å². The van der Waals surface area contributed by atoms with Gasteiger partial charge in [0.05, 0.1) is 23.7 Å². The van der Waals surface area contributed by atoms with Gasteiger partial charge in [0.2, 0.25) is 0 Å². The van der Waals surface area contributed by atoms with Crippen LogP contribution in [0.2, 0.25) is 0 Å². The Morgan fingerprint density at radius 1 is 1.52 bits per heavy atom. The monoisotopic (exact) mass is 297 g/mol. The first-order valence-corrected chi connectivity index (χ1v) is 7.07. The summed E-state index contributed by atoms with van der Waals surface area (Å²) in [4.78, 5) is 12.4. The molecule has 1 unspecified atom stereocenters. The highest BCUT2D eigenvalue weighted by molar-refractivity contribution is 5.35. The van der Waals surface area contributed by atoms with Crippen molar-refractivity contribution >= 4 is 5.69 Å². The Bertz CT molecular complexity index is 498.